The topological polar surface area (TPSA) is 103 Å². The molecule has 0 fully saturated rings. The van der Waals surface area contributed by atoms with Crippen LogP contribution in [0, 0.1) is 12.7 Å². The van der Waals surface area contributed by atoms with E-state index in [9.17, 15) is 40.3 Å². The standard InChI is InChI=1S/C22H14F7N5O2S/c1-9-6-14(22(27,28)29)33-34(9)8-15(35)32-17-16-12(10-2-4-11(23)5-3-10)7-13(21(24,25)26)31-20(16)37-18(17)19(30)36/h2-7H,8H2,1H3,(H2,30,36)(H,32,35). The van der Waals surface area contributed by atoms with Crippen molar-refractivity contribution >= 4 is 39.1 Å². The minimum atomic E-state index is -4.88. The number of rotatable bonds is 5. The molecule has 194 valence electrons. The lowest BCUT2D eigenvalue weighted by molar-refractivity contribution is -0.142. The Bertz CT molecular complexity index is 1520. The Labute approximate surface area is 206 Å². The van der Waals surface area contributed by atoms with Gasteiger partial charge in [0.2, 0.25) is 5.91 Å². The molecule has 3 aromatic heterocycles. The largest absolute Gasteiger partial charge is 0.435 e. The lowest BCUT2D eigenvalue weighted by Crippen LogP contribution is -2.22. The maximum absolute atomic E-state index is 13.5. The summed E-state index contributed by atoms with van der Waals surface area (Å²) in [6.45, 7) is 0.580. The van der Waals surface area contributed by atoms with Gasteiger partial charge in [-0.2, -0.15) is 31.4 Å². The van der Waals surface area contributed by atoms with Crippen molar-refractivity contribution in [1.29, 1.82) is 0 Å². The van der Waals surface area contributed by atoms with Gasteiger partial charge in [-0.3, -0.25) is 14.3 Å². The number of alkyl halides is 6. The van der Waals surface area contributed by atoms with Crippen LogP contribution in [0.25, 0.3) is 21.3 Å². The smallest absolute Gasteiger partial charge is 0.365 e. The van der Waals surface area contributed by atoms with Crippen LogP contribution in [-0.2, 0) is 23.7 Å². The second kappa shape index (κ2) is 9.14. The Morgan fingerprint density at radius 3 is 2.19 bits per heavy atom. The summed E-state index contributed by atoms with van der Waals surface area (Å²) in [5.41, 5.74) is 2.58. The van der Waals surface area contributed by atoms with Gasteiger partial charge in [-0.25, -0.2) is 9.37 Å². The molecule has 0 atom stereocenters. The zero-order valence-corrected chi connectivity index (χ0v) is 19.3. The zero-order chi connectivity index (χ0) is 27.3. The van der Waals surface area contributed by atoms with E-state index in [0.29, 0.717) is 17.4 Å². The number of amides is 2. The summed E-state index contributed by atoms with van der Waals surface area (Å²) in [6.07, 6.45) is -9.63. The van der Waals surface area contributed by atoms with Gasteiger partial charge in [-0.05, 0) is 42.3 Å². The maximum Gasteiger partial charge on any atom is 0.435 e. The molecule has 15 heteroatoms. The lowest BCUT2D eigenvalue weighted by atomic mass is 10.0. The molecular weight excluding hydrogens is 531 g/mol. The van der Waals surface area contributed by atoms with Crippen molar-refractivity contribution in [1.82, 2.24) is 14.8 Å². The number of hydrogen-bond donors (Lipinski definition) is 2. The van der Waals surface area contributed by atoms with Crippen LogP contribution < -0.4 is 11.1 Å². The highest BCUT2D eigenvalue weighted by Gasteiger charge is 2.36. The van der Waals surface area contributed by atoms with Crippen molar-refractivity contribution in [2.45, 2.75) is 25.8 Å². The molecule has 0 radical (unpaired) electrons. The van der Waals surface area contributed by atoms with Crippen molar-refractivity contribution in [3.05, 3.63) is 64.2 Å². The van der Waals surface area contributed by atoms with Crippen LogP contribution in [0.3, 0.4) is 0 Å². The van der Waals surface area contributed by atoms with E-state index in [1.54, 1.807) is 0 Å². The Morgan fingerprint density at radius 1 is 1.03 bits per heavy atom. The molecular formula is C22H14F7N5O2S. The number of anilines is 1. The summed E-state index contributed by atoms with van der Waals surface area (Å²) in [5.74, 6) is -2.69. The predicted molar refractivity (Wildman–Crippen MR) is 119 cm³/mol. The second-order valence-corrected chi connectivity index (χ2v) is 8.78. The summed E-state index contributed by atoms with van der Waals surface area (Å²) in [5, 5.41) is 5.62. The number of benzene rings is 1. The van der Waals surface area contributed by atoms with Gasteiger partial charge in [0.1, 0.15) is 27.8 Å². The van der Waals surface area contributed by atoms with Crippen molar-refractivity contribution < 1.29 is 40.3 Å². The van der Waals surface area contributed by atoms with Crippen molar-refractivity contribution in [2.75, 3.05) is 5.32 Å². The Balaban J connectivity index is 1.84. The van der Waals surface area contributed by atoms with Gasteiger partial charge in [0.15, 0.2) is 5.69 Å². The molecule has 37 heavy (non-hydrogen) atoms. The monoisotopic (exact) mass is 545 g/mol. The van der Waals surface area contributed by atoms with Crippen LogP contribution in [0.2, 0.25) is 0 Å². The molecule has 0 bridgehead atoms. The van der Waals surface area contributed by atoms with E-state index in [0.717, 1.165) is 22.9 Å². The third-order valence-corrected chi connectivity index (χ3v) is 6.26. The van der Waals surface area contributed by atoms with Crippen LogP contribution in [0.1, 0.15) is 26.8 Å². The molecule has 4 aromatic rings. The van der Waals surface area contributed by atoms with Crippen LogP contribution >= 0.6 is 11.3 Å². The molecule has 3 N–H and O–H groups in total. The number of thiophene rings is 1. The van der Waals surface area contributed by atoms with E-state index in [1.807, 2.05) is 0 Å². The van der Waals surface area contributed by atoms with E-state index in [4.69, 9.17) is 5.73 Å². The number of fused-ring (bicyclic) bond motifs is 1. The average Bonchev–Trinajstić information content (AvgIpc) is 3.34. The number of aryl methyl sites for hydroxylation is 1. The maximum atomic E-state index is 13.5. The first-order valence-corrected chi connectivity index (χ1v) is 11.0. The summed E-state index contributed by atoms with van der Waals surface area (Å²) < 4.78 is 93.7. The van der Waals surface area contributed by atoms with Crippen molar-refractivity contribution in [2.24, 2.45) is 5.73 Å². The van der Waals surface area contributed by atoms with Gasteiger partial charge < -0.3 is 11.1 Å². The highest BCUT2D eigenvalue weighted by Crippen LogP contribution is 2.43. The number of hydrogen-bond acceptors (Lipinski definition) is 5. The summed E-state index contributed by atoms with van der Waals surface area (Å²) >= 11 is 0.488. The van der Waals surface area contributed by atoms with Gasteiger partial charge in [-0.1, -0.05) is 12.1 Å². The van der Waals surface area contributed by atoms with Crippen molar-refractivity contribution in [3.63, 3.8) is 0 Å². The average molecular weight is 545 g/mol. The number of aromatic nitrogens is 3. The van der Waals surface area contributed by atoms with E-state index in [2.05, 4.69) is 15.4 Å². The fraction of sp³-hybridized carbons (Fsp3) is 0.182. The van der Waals surface area contributed by atoms with Gasteiger partial charge in [0, 0.05) is 11.1 Å². The molecule has 1 aromatic carbocycles. The normalized spacial score (nSPS) is 12.2. The highest BCUT2D eigenvalue weighted by atomic mass is 32.1. The number of nitrogens with zero attached hydrogens (tertiary/aromatic N) is 3. The van der Waals surface area contributed by atoms with Gasteiger partial charge in [-0.15, -0.1) is 11.3 Å². The molecule has 0 aliphatic carbocycles. The second-order valence-electron chi connectivity index (χ2n) is 7.78. The number of pyridine rings is 1. The van der Waals surface area contributed by atoms with Crippen molar-refractivity contribution in [3.8, 4) is 11.1 Å². The molecule has 0 saturated carbocycles. The number of primary amides is 1. The van der Waals surface area contributed by atoms with E-state index in [-0.39, 0.29) is 37.6 Å². The molecule has 0 aliphatic rings. The number of carbonyl (C=O) groups is 2. The lowest BCUT2D eigenvalue weighted by Gasteiger charge is -2.13. The number of nitrogens with two attached hydrogens (primary N) is 1. The Hall–Kier alpha value is -4.01. The third kappa shape index (κ3) is 5.26. The highest BCUT2D eigenvalue weighted by molar-refractivity contribution is 7.21. The molecule has 0 unspecified atom stereocenters. The van der Waals surface area contributed by atoms with Crippen LogP contribution in [0.4, 0.5) is 36.4 Å². The summed E-state index contributed by atoms with van der Waals surface area (Å²) in [7, 11) is 0. The number of halogens is 7. The first-order valence-electron chi connectivity index (χ1n) is 10.2. The Morgan fingerprint density at radius 2 is 1.65 bits per heavy atom. The molecule has 0 aliphatic heterocycles. The molecule has 0 spiro atoms. The van der Waals surface area contributed by atoms with Gasteiger partial charge in [0.05, 0.1) is 5.69 Å². The quantitative estimate of drug-likeness (QED) is 0.329. The molecule has 4 rings (SSSR count). The number of carbonyl (C=O) groups excluding carboxylic acids is 2. The molecule has 7 nitrogen and oxygen atoms in total. The fourth-order valence-electron chi connectivity index (χ4n) is 3.52. The van der Waals surface area contributed by atoms with E-state index >= 15 is 0 Å². The van der Waals surface area contributed by atoms with Crippen LogP contribution in [-0.4, -0.2) is 26.6 Å². The zero-order valence-electron chi connectivity index (χ0n) is 18.5. The molecule has 2 amide bonds. The summed E-state index contributed by atoms with van der Waals surface area (Å²) in [4.78, 5) is 27.8. The molecule has 0 saturated heterocycles. The summed E-state index contributed by atoms with van der Waals surface area (Å²) in [6, 6.07) is 5.82. The van der Waals surface area contributed by atoms with E-state index in [1.165, 1.54) is 19.1 Å². The first kappa shape index (κ1) is 26.1. The predicted octanol–water partition coefficient (Wildman–Crippen LogP) is 5.38. The van der Waals surface area contributed by atoms with Crippen LogP contribution in [0.5, 0.6) is 0 Å². The SMILES string of the molecule is Cc1cc(C(F)(F)F)nn1CC(=O)Nc1c(C(N)=O)sc2nc(C(F)(F)F)cc(-c3ccc(F)cc3)c12. The van der Waals surface area contributed by atoms with Gasteiger partial charge >= 0.3 is 12.4 Å². The van der Waals surface area contributed by atoms with Crippen LogP contribution in [0.15, 0.2) is 36.4 Å². The number of nitrogens with one attached hydrogen (secondary N) is 1. The minimum absolute atomic E-state index is 0.0104. The molecule has 3 heterocycles. The van der Waals surface area contributed by atoms with Gasteiger partial charge in [0.25, 0.3) is 5.91 Å². The first-order chi connectivity index (χ1) is 17.1. The third-order valence-electron chi connectivity index (χ3n) is 5.16. The fourth-order valence-corrected chi connectivity index (χ4v) is 4.52. The minimum Gasteiger partial charge on any atom is -0.365 e. The Kier molecular flexibility index (Phi) is 6.44. The van der Waals surface area contributed by atoms with E-state index < -0.39 is 47.9 Å².